The zero-order valence-electron chi connectivity index (χ0n) is 33.5. The predicted molar refractivity (Wildman–Crippen MR) is 256 cm³/mol. The second-order valence-electron chi connectivity index (χ2n) is 16.2. The first-order valence-electron chi connectivity index (χ1n) is 21.1. The van der Waals surface area contributed by atoms with Crippen molar-refractivity contribution in [2.75, 3.05) is 0 Å². The van der Waals surface area contributed by atoms with Crippen LogP contribution in [0, 0.1) is 0 Å². The van der Waals surface area contributed by atoms with Gasteiger partial charge in [0, 0.05) is 36.9 Å². The largest absolute Gasteiger partial charge is 0.208 e. The van der Waals surface area contributed by atoms with Crippen LogP contribution in [0.5, 0.6) is 0 Å². The van der Waals surface area contributed by atoms with E-state index in [2.05, 4.69) is 212 Å². The molecule has 0 fully saturated rings. The maximum absolute atomic E-state index is 5.50. The molecule has 0 N–H and O–H groups in total. The van der Waals surface area contributed by atoms with E-state index in [0.29, 0.717) is 17.5 Å². The highest BCUT2D eigenvalue weighted by Gasteiger charge is 2.52. The normalized spacial score (nSPS) is 13.0. The van der Waals surface area contributed by atoms with Crippen molar-refractivity contribution < 1.29 is 0 Å². The fraction of sp³-hybridized carbons (Fsp3) is 0.0172. The molecule has 2 aliphatic carbocycles. The topological polar surface area (TPSA) is 38.7 Å². The summed E-state index contributed by atoms with van der Waals surface area (Å²) < 4.78 is 2.57. The Balaban J connectivity index is 1.06. The van der Waals surface area contributed by atoms with Crippen molar-refractivity contribution in [1.82, 2.24) is 15.0 Å². The van der Waals surface area contributed by atoms with Crippen LogP contribution < -0.4 is 0 Å². The van der Waals surface area contributed by atoms with Crippen LogP contribution in [0.4, 0.5) is 0 Å². The van der Waals surface area contributed by atoms with E-state index in [1.807, 2.05) is 11.3 Å². The number of rotatable bonds is 5. The number of benzene rings is 9. The maximum Gasteiger partial charge on any atom is 0.164 e. The number of aromatic nitrogens is 3. The van der Waals surface area contributed by atoms with Gasteiger partial charge in [0.1, 0.15) is 0 Å². The third kappa shape index (κ3) is 5.08. The minimum Gasteiger partial charge on any atom is -0.208 e. The number of thiophene rings is 1. The van der Waals surface area contributed by atoms with Crippen molar-refractivity contribution in [3.8, 4) is 78.7 Å². The van der Waals surface area contributed by atoms with Gasteiger partial charge in [-0.2, -0.15) is 0 Å². The summed E-state index contributed by atoms with van der Waals surface area (Å²) in [5.74, 6) is 1.92. The summed E-state index contributed by atoms with van der Waals surface area (Å²) in [5, 5.41) is 2.57. The van der Waals surface area contributed by atoms with Crippen LogP contribution >= 0.6 is 11.3 Å². The van der Waals surface area contributed by atoms with Gasteiger partial charge >= 0.3 is 0 Å². The zero-order chi connectivity index (χ0) is 40.8. The van der Waals surface area contributed by atoms with E-state index < -0.39 is 5.41 Å². The monoisotopic (exact) mass is 805 g/mol. The maximum atomic E-state index is 5.50. The molecule has 13 rings (SSSR count). The van der Waals surface area contributed by atoms with Crippen molar-refractivity contribution >= 4 is 31.5 Å². The van der Waals surface area contributed by atoms with Crippen LogP contribution in [0.15, 0.2) is 212 Å². The number of nitrogens with zero attached hydrogens (tertiary/aromatic N) is 3. The fourth-order valence-electron chi connectivity index (χ4n) is 10.4. The lowest BCUT2D eigenvalue weighted by Crippen LogP contribution is -2.26. The smallest absolute Gasteiger partial charge is 0.164 e. The summed E-state index contributed by atoms with van der Waals surface area (Å²) in [6, 6.07) is 76.6. The van der Waals surface area contributed by atoms with E-state index in [1.165, 1.54) is 70.2 Å². The molecule has 288 valence electrons. The van der Waals surface area contributed by atoms with Gasteiger partial charge in [-0.15, -0.1) is 11.3 Å². The molecule has 11 aromatic rings. The second-order valence-corrected chi connectivity index (χ2v) is 17.3. The van der Waals surface area contributed by atoms with E-state index in [0.717, 1.165) is 33.4 Å². The Bertz CT molecular complexity index is 3540. The SMILES string of the molecule is c1ccc(-c2cccc(-c3nc(-c4cccc(-c5cccc6c5sc5ccccc56)c4)nc(-c4cccc5c4C4(c6ccccc6-c6ccccc64)c4ccccc4-5)n3)c2)cc1. The number of fused-ring (bicyclic) bond motifs is 13. The summed E-state index contributed by atoms with van der Waals surface area (Å²) in [6.45, 7) is 0. The lowest BCUT2D eigenvalue weighted by molar-refractivity contribution is 0.794. The molecule has 62 heavy (non-hydrogen) atoms. The Morgan fingerprint density at radius 1 is 0.306 bits per heavy atom. The molecule has 0 saturated carbocycles. The molecule has 2 aromatic heterocycles. The minimum absolute atomic E-state index is 0.557. The van der Waals surface area contributed by atoms with Crippen LogP contribution in [-0.2, 0) is 5.41 Å². The van der Waals surface area contributed by atoms with E-state index in [9.17, 15) is 0 Å². The molecule has 1 spiro atoms. The first-order chi connectivity index (χ1) is 30.7. The van der Waals surface area contributed by atoms with Crippen LogP contribution in [0.2, 0.25) is 0 Å². The highest BCUT2D eigenvalue weighted by Crippen LogP contribution is 2.64. The average Bonchev–Trinajstić information content (AvgIpc) is 3.99. The van der Waals surface area contributed by atoms with Crippen molar-refractivity contribution in [2.24, 2.45) is 0 Å². The molecule has 0 bridgehead atoms. The molecule has 0 saturated heterocycles. The van der Waals surface area contributed by atoms with Gasteiger partial charge in [-0.25, -0.2) is 15.0 Å². The van der Waals surface area contributed by atoms with Crippen molar-refractivity contribution in [2.45, 2.75) is 5.41 Å². The van der Waals surface area contributed by atoms with Crippen LogP contribution in [-0.4, -0.2) is 15.0 Å². The molecule has 0 radical (unpaired) electrons. The quantitative estimate of drug-likeness (QED) is 0.174. The molecular weight excluding hydrogens is 771 g/mol. The standard InChI is InChI=1S/C58H35N3S/c1-2-16-36(17-3-1)37-18-12-20-39(34-37)55-59-56(40-21-13-19-38(35-40)41-26-14-28-47-45-25-7-11-33-52(45)62-54(41)47)61-57(60-55)48-29-15-27-46-44-24-6-10-32-51(44)58(53(46)48)49-30-8-4-22-42(49)43-23-5-9-31-50(43)58/h1-35H. The third-order valence-electron chi connectivity index (χ3n) is 13.0. The highest BCUT2D eigenvalue weighted by molar-refractivity contribution is 7.26. The molecule has 0 aliphatic heterocycles. The number of hydrogen-bond acceptors (Lipinski definition) is 4. The van der Waals surface area contributed by atoms with Gasteiger partial charge in [0.2, 0.25) is 0 Å². The zero-order valence-corrected chi connectivity index (χ0v) is 34.3. The molecule has 4 heteroatoms. The van der Waals surface area contributed by atoms with Gasteiger partial charge in [-0.3, -0.25) is 0 Å². The lowest BCUT2D eigenvalue weighted by atomic mass is 9.69. The summed E-state index contributed by atoms with van der Waals surface area (Å²) in [4.78, 5) is 16.3. The second kappa shape index (κ2) is 13.6. The Kier molecular flexibility index (Phi) is 7.69. The molecule has 0 unspecified atom stereocenters. The Labute approximate surface area is 363 Å². The van der Waals surface area contributed by atoms with Crippen LogP contribution in [0.1, 0.15) is 22.3 Å². The fourth-order valence-corrected chi connectivity index (χ4v) is 11.6. The molecule has 0 atom stereocenters. The summed E-state index contributed by atoms with van der Waals surface area (Å²) in [6.07, 6.45) is 0. The van der Waals surface area contributed by atoms with Gasteiger partial charge < -0.3 is 0 Å². The molecular formula is C58H35N3S. The minimum atomic E-state index is -0.557. The van der Waals surface area contributed by atoms with Crippen molar-refractivity contribution in [3.05, 3.63) is 235 Å². The highest BCUT2D eigenvalue weighted by atomic mass is 32.1. The van der Waals surface area contributed by atoms with Gasteiger partial charge in [-0.1, -0.05) is 194 Å². The molecule has 0 amide bonds. The van der Waals surface area contributed by atoms with E-state index in [4.69, 9.17) is 15.0 Å². The first-order valence-corrected chi connectivity index (χ1v) is 21.9. The lowest BCUT2D eigenvalue weighted by Gasteiger charge is -2.31. The summed E-state index contributed by atoms with van der Waals surface area (Å²) in [5.41, 5.74) is 16.9. The predicted octanol–water partition coefficient (Wildman–Crippen LogP) is 14.9. The number of hydrogen-bond donors (Lipinski definition) is 0. The Morgan fingerprint density at radius 3 is 1.47 bits per heavy atom. The summed E-state index contributed by atoms with van der Waals surface area (Å²) in [7, 11) is 0. The Morgan fingerprint density at radius 2 is 0.758 bits per heavy atom. The third-order valence-corrected chi connectivity index (χ3v) is 14.2. The van der Waals surface area contributed by atoms with Crippen molar-refractivity contribution in [3.63, 3.8) is 0 Å². The van der Waals surface area contributed by atoms with E-state index >= 15 is 0 Å². The Hall–Kier alpha value is -7.79. The van der Waals surface area contributed by atoms with Gasteiger partial charge in [0.25, 0.3) is 0 Å². The van der Waals surface area contributed by atoms with Crippen LogP contribution in [0.25, 0.3) is 98.8 Å². The van der Waals surface area contributed by atoms with Crippen molar-refractivity contribution in [1.29, 1.82) is 0 Å². The molecule has 3 nitrogen and oxygen atoms in total. The first kappa shape index (κ1) is 35.0. The van der Waals surface area contributed by atoms with Gasteiger partial charge in [0.05, 0.1) is 5.41 Å². The molecule has 2 aliphatic rings. The average molecular weight is 806 g/mol. The van der Waals surface area contributed by atoms with Gasteiger partial charge in [-0.05, 0) is 85.0 Å². The molecule has 2 heterocycles. The van der Waals surface area contributed by atoms with E-state index in [-0.39, 0.29) is 0 Å². The molecule has 9 aromatic carbocycles. The van der Waals surface area contributed by atoms with Gasteiger partial charge in [0.15, 0.2) is 17.5 Å². The van der Waals surface area contributed by atoms with Crippen LogP contribution in [0.3, 0.4) is 0 Å². The van der Waals surface area contributed by atoms with E-state index in [1.54, 1.807) is 0 Å². The summed E-state index contributed by atoms with van der Waals surface area (Å²) >= 11 is 1.85.